The highest BCUT2D eigenvalue weighted by atomic mass is 19.4. The Hall–Kier alpha value is -3.90. The highest BCUT2D eigenvalue weighted by Gasteiger charge is 2.58. The molecule has 0 aliphatic rings. The van der Waals surface area contributed by atoms with Crippen LogP contribution < -0.4 is 5.32 Å². The van der Waals surface area contributed by atoms with Crippen molar-refractivity contribution in [1.29, 1.82) is 0 Å². The Morgan fingerprint density at radius 1 is 0.872 bits per heavy atom. The van der Waals surface area contributed by atoms with Gasteiger partial charge in [0.05, 0.1) is 12.1 Å². The highest BCUT2D eigenvalue weighted by molar-refractivity contribution is 6.00. The summed E-state index contributed by atoms with van der Waals surface area (Å²) in [4.78, 5) is 18.3. The third-order valence-corrected chi connectivity index (χ3v) is 5.57. The van der Waals surface area contributed by atoms with Crippen LogP contribution in [0.1, 0.15) is 35.6 Å². The third-order valence-electron chi connectivity index (χ3n) is 5.57. The number of aliphatic imine (C=N–C) groups is 1. The molecule has 0 saturated carbocycles. The van der Waals surface area contributed by atoms with Crippen LogP contribution in [0.2, 0.25) is 0 Å². The number of carbonyl (C=O) groups excluding carboxylic acids is 1. The van der Waals surface area contributed by atoms with E-state index < -0.39 is 47.9 Å². The monoisotopic (exact) mass is 561 g/mol. The Bertz CT molecular complexity index is 1320. The number of hydrogen-bond acceptors (Lipinski definition) is 3. The molecule has 0 atom stereocenters. The second-order valence-corrected chi connectivity index (χ2v) is 8.65. The molecule has 0 aliphatic carbocycles. The average molecular weight is 561 g/mol. The van der Waals surface area contributed by atoms with E-state index in [0.717, 1.165) is 42.6 Å². The fraction of sp³-hybridized carbons (Fsp3) is 0.269. The number of alkyl halides is 9. The van der Waals surface area contributed by atoms with Crippen molar-refractivity contribution in [3.63, 3.8) is 0 Å². The zero-order valence-corrected chi connectivity index (χ0v) is 20.0. The van der Waals surface area contributed by atoms with E-state index in [1.54, 1.807) is 0 Å². The lowest BCUT2D eigenvalue weighted by atomic mass is 9.97. The molecule has 4 nitrogen and oxygen atoms in total. The summed E-state index contributed by atoms with van der Waals surface area (Å²) in [7, 11) is 0. The summed E-state index contributed by atoms with van der Waals surface area (Å²) in [5.74, 6) is -12.8. The molecule has 1 aromatic heterocycles. The average Bonchev–Trinajstić information content (AvgIpc) is 2.83. The number of rotatable bonds is 10. The lowest BCUT2D eigenvalue weighted by Gasteiger charge is -2.24. The van der Waals surface area contributed by atoms with Crippen LogP contribution in [0, 0.1) is 0 Å². The maximum Gasteiger partial charge on any atom is 0.458 e. The molecule has 3 aromatic rings. The molecular weight excluding hydrogens is 541 g/mol. The van der Waals surface area contributed by atoms with Crippen molar-refractivity contribution < 1.29 is 44.3 Å². The molecule has 2 aromatic carbocycles. The summed E-state index contributed by atoms with van der Waals surface area (Å²) < 4.78 is 123. The van der Waals surface area contributed by atoms with Crippen molar-refractivity contribution in [1.82, 2.24) is 4.98 Å². The van der Waals surface area contributed by atoms with Crippen LogP contribution in [-0.4, -0.2) is 29.2 Å². The van der Waals surface area contributed by atoms with Crippen molar-refractivity contribution >= 4 is 23.5 Å². The van der Waals surface area contributed by atoms with E-state index in [4.69, 9.17) is 0 Å². The Kier molecular flexibility index (Phi) is 8.42. The number of hydrogen-bond donors (Lipinski definition) is 1. The maximum atomic E-state index is 14.7. The second-order valence-electron chi connectivity index (χ2n) is 8.65. The van der Waals surface area contributed by atoms with Crippen molar-refractivity contribution in [2.75, 3.05) is 5.32 Å². The van der Waals surface area contributed by atoms with Gasteiger partial charge in [-0.1, -0.05) is 24.3 Å². The quantitative estimate of drug-likeness (QED) is 0.156. The van der Waals surface area contributed by atoms with Crippen molar-refractivity contribution in [2.45, 2.75) is 43.7 Å². The van der Waals surface area contributed by atoms with Crippen molar-refractivity contribution in [3.05, 3.63) is 89.2 Å². The molecule has 0 spiro atoms. The molecular formula is C26H20F9N3O. The number of benzene rings is 2. The van der Waals surface area contributed by atoms with E-state index in [-0.39, 0.29) is 28.2 Å². The standard InChI is InChI=1S/C26H20F9N3O/c1-16(38-22-8-4-20(5-9-22)25(31,32)26(33,34)35)18-10-17(12-36-13-18)11-23(27,28)14-24(29,30)19-2-6-21(7-3-19)37-15-39/h2-10,12-13,15H,11,14H2,1H3,(H,37,39)/b38-16+. The fourth-order valence-electron chi connectivity index (χ4n) is 3.62. The molecule has 0 bridgehead atoms. The largest absolute Gasteiger partial charge is 0.458 e. The SMILES string of the molecule is C/C(=N\c1ccc(C(F)(F)C(F)(F)F)cc1)c1cncc(CC(F)(F)CC(F)(F)c2ccc(NC=O)cc2)c1. The van der Waals surface area contributed by atoms with E-state index in [0.29, 0.717) is 18.5 Å². The van der Waals surface area contributed by atoms with Gasteiger partial charge >= 0.3 is 12.1 Å². The Morgan fingerprint density at radius 3 is 2.03 bits per heavy atom. The van der Waals surface area contributed by atoms with E-state index in [1.165, 1.54) is 19.2 Å². The molecule has 13 heteroatoms. The number of halogens is 9. The fourth-order valence-corrected chi connectivity index (χ4v) is 3.62. The topological polar surface area (TPSA) is 54.4 Å². The van der Waals surface area contributed by atoms with Crippen LogP contribution in [0.5, 0.6) is 0 Å². The van der Waals surface area contributed by atoms with Gasteiger partial charge in [0.15, 0.2) is 0 Å². The minimum Gasteiger partial charge on any atom is -0.329 e. The molecule has 3 rings (SSSR count). The van der Waals surface area contributed by atoms with Gasteiger partial charge in [-0.05, 0) is 42.8 Å². The minimum absolute atomic E-state index is 0.0129. The third kappa shape index (κ3) is 7.36. The van der Waals surface area contributed by atoms with Gasteiger partial charge in [0.25, 0.3) is 11.8 Å². The smallest absolute Gasteiger partial charge is 0.329 e. The molecule has 0 radical (unpaired) electrons. The summed E-state index contributed by atoms with van der Waals surface area (Å²) in [6.07, 6.45) is -6.00. The Labute approximate surface area is 216 Å². The summed E-state index contributed by atoms with van der Waals surface area (Å²) in [6, 6.07) is 8.43. The Morgan fingerprint density at radius 2 is 1.46 bits per heavy atom. The van der Waals surface area contributed by atoms with Gasteiger partial charge in [-0.25, -0.2) is 17.6 Å². The van der Waals surface area contributed by atoms with E-state index >= 15 is 0 Å². The zero-order valence-electron chi connectivity index (χ0n) is 20.0. The van der Waals surface area contributed by atoms with Gasteiger partial charge in [0.2, 0.25) is 6.41 Å². The summed E-state index contributed by atoms with van der Waals surface area (Å²) in [5.41, 5.74) is -1.43. The lowest BCUT2D eigenvalue weighted by molar-refractivity contribution is -0.289. The van der Waals surface area contributed by atoms with Gasteiger partial charge in [-0.2, -0.15) is 22.0 Å². The summed E-state index contributed by atoms with van der Waals surface area (Å²) >= 11 is 0. The molecule has 0 unspecified atom stereocenters. The lowest BCUT2D eigenvalue weighted by Crippen LogP contribution is -2.33. The number of pyridine rings is 1. The normalized spacial score (nSPS) is 13.3. The predicted octanol–water partition coefficient (Wildman–Crippen LogP) is 7.80. The molecule has 0 fully saturated rings. The summed E-state index contributed by atoms with van der Waals surface area (Å²) in [5, 5.41) is 2.25. The maximum absolute atomic E-state index is 14.7. The number of nitrogens with one attached hydrogen (secondary N) is 1. The van der Waals surface area contributed by atoms with Gasteiger partial charge < -0.3 is 5.32 Å². The first kappa shape index (κ1) is 29.7. The minimum atomic E-state index is -5.77. The van der Waals surface area contributed by atoms with Crippen molar-refractivity contribution in [3.8, 4) is 0 Å². The van der Waals surface area contributed by atoms with Crippen molar-refractivity contribution in [2.24, 2.45) is 4.99 Å². The first-order valence-electron chi connectivity index (χ1n) is 11.2. The van der Waals surface area contributed by atoms with Crippen LogP contribution in [0.15, 0.2) is 72.0 Å². The van der Waals surface area contributed by atoms with Crippen LogP contribution in [-0.2, 0) is 23.1 Å². The predicted molar refractivity (Wildman–Crippen MR) is 126 cm³/mol. The van der Waals surface area contributed by atoms with E-state index in [1.807, 2.05) is 0 Å². The van der Waals surface area contributed by atoms with Gasteiger partial charge in [-0.15, -0.1) is 0 Å². The molecule has 0 aliphatic heterocycles. The van der Waals surface area contributed by atoms with Gasteiger partial charge in [0, 0.05) is 46.9 Å². The highest BCUT2D eigenvalue weighted by Crippen LogP contribution is 2.44. The zero-order chi connectivity index (χ0) is 29.1. The molecule has 1 amide bonds. The number of carbonyl (C=O) groups is 1. The van der Waals surface area contributed by atoms with E-state index in [2.05, 4.69) is 15.3 Å². The Balaban J connectivity index is 1.74. The first-order valence-corrected chi connectivity index (χ1v) is 11.2. The molecule has 0 saturated heterocycles. The molecule has 1 N–H and O–H groups in total. The molecule has 208 valence electrons. The van der Waals surface area contributed by atoms with Gasteiger partial charge in [0.1, 0.15) is 0 Å². The second kappa shape index (κ2) is 11.1. The van der Waals surface area contributed by atoms with Crippen LogP contribution in [0.3, 0.4) is 0 Å². The number of anilines is 1. The molecule has 39 heavy (non-hydrogen) atoms. The molecule has 1 heterocycles. The van der Waals surface area contributed by atoms with Gasteiger partial charge in [-0.3, -0.25) is 14.8 Å². The number of amides is 1. The van der Waals surface area contributed by atoms with Crippen LogP contribution in [0.4, 0.5) is 50.9 Å². The number of aromatic nitrogens is 1. The number of nitrogens with zero attached hydrogens (tertiary/aromatic N) is 2. The van der Waals surface area contributed by atoms with Crippen LogP contribution >= 0.6 is 0 Å². The van der Waals surface area contributed by atoms with Crippen LogP contribution in [0.25, 0.3) is 0 Å². The summed E-state index contributed by atoms with van der Waals surface area (Å²) in [6.45, 7) is 1.43. The van der Waals surface area contributed by atoms with E-state index in [9.17, 15) is 44.3 Å². The first-order chi connectivity index (χ1) is 18.0.